The number of aliphatic hydroxyl groups is 5. The number of rotatable bonds is 13. The molecule has 8 atom stereocenters. The van der Waals surface area contributed by atoms with Crippen LogP contribution in [0.1, 0.15) is 45.4 Å². The van der Waals surface area contributed by atoms with Gasteiger partial charge in [-0.3, -0.25) is 9.59 Å². The highest BCUT2D eigenvalue weighted by molar-refractivity contribution is 5.91. The smallest absolute Gasteiger partial charge is 0.326 e. The van der Waals surface area contributed by atoms with Gasteiger partial charge in [-0.15, -0.1) is 0 Å². The lowest BCUT2D eigenvalue weighted by atomic mass is 9.91. The average Bonchev–Trinajstić information content (AvgIpc) is 3.34. The fourth-order valence-corrected chi connectivity index (χ4v) is 4.48. The molecule has 2 amide bonds. The average molecular weight is 521 g/mol. The highest BCUT2D eigenvalue weighted by Gasteiger charge is 2.52. The second kappa shape index (κ2) is 13.6. The lowest BCUT2D eigenvalue weighted by molar-refractivity contribution is -0.350. The standard InChI is InChI=1S/C22H40N4O10/c1-12(20(32)26-10-4-6-14(26)21(33)34)25-19(31)13(23)5-2-3-8-24-9-7-22(35)18(30)17(29)16(28)15(11-27)36-22/h12-18,24,27-30,35H,2-11,23H2,1H3,(H,25,31)(H,33,34)/t12-,13-,14-,15+,16-,17-,18+,22?/m0/s1. The number of aliphatic carboxylic acids is 1. The van der Waals surface area contributed by atoms with Gasteiger partial charge >= 0.3 is 5.97 Å². The molecule has 1 unspecified atom stereocenters. The first kappa shape index (κ1) is 30.3. The van der Waals surface area contributed by atoms with Crippen LogP contribution in [0.5, 0.6) is 0 Å². The van der Waals surface area contributed by atoms with Crippen LogP contribution in [0.25, 0.3) is 0 Å². The van der Waals surface area contributed by atoms with Gasteiger partial charge in [-0.2, -0.15) is 0 Å². The number of ether oxygens (including phenoxy) is 1. The number of carbonyl (C=O) groups excluding carboxylic acids is 2. The topological polar surface area (TPSA) is 235 Å². The molecule has 14 heteroatoms. The Morgan fingerprint density at radius 2 is 1.86 bits per heavy atom. The molecule has 0 aliphatic carbocycles. The number of carbonyl (C=O) groups is 3. The normalized spacial score (nSPS) is 32.2. The number of hydrogen-bond acceptors (Lipinski definition) is 11. The Hall–Kier alpha value is -1.91. The van der Waals surface area contributed by atoms with Crippen molar-refractivity contribution < 1.29 is 49.8 Å². The number of nitrogens with one attached hydrogen (secondary N) is 2. The third-order valence-corrected chi connectivity index (χ3v) is 6.72. The van der Waals surface area contributed by atoms with E-state index < -0.39 is 72.7 Å². The van der Waals surface area contributed by atoms with Crippen LogP contribution in [0, 0.1) is 0 Å². The third kappa shape index (κ3) is 7.55. The molecule has 0 aromatic carbocycles. The minimum absolute atomic E-state index is 0.109. The number of carboxylic acids is 1. The molecule has 10 N–H and O–H groups in total. The van der Waals surface area contributed by atoms with Crippen molar-refractivity contribution in [2.24, 2.45) is 5.73 Å². The van der Waals surface area contributed by atoms with Crippen LogP contribution in [0.15, 0.2) is 0 Å². The highest BCUT2D eigenvalue weighted by atomic mass is 16.7. The van der Waals surface area contributed by atoms with Gasteiger partial charge < -0.3 is 56.6 Å². The van der Waals surface area contributed by atoms with E-state index in [1.807, 2.05) is 0 Å². The first-order valence-electron chi connectivity index (χ1n) is 12.3. The van der Waals surface area contributed by atoms with Crippen LogP contribution in [0.4, 0.5) is 0 Å². The number of nitrogens with zero attached hydrogens (tertiary/aromatic N) is 1. The second-order valence-corrected chi connectivity index (χ2v) is 9.47. The number of aliphatic hydroxyl groups excluding tert-OH is 4. The molecule has 2 fully saturated rings. The van der Waals surface area contributed by atoms with E-state index in [4.69, 9.17) is 10.5 Å². The Morgan fingerprint density at radius 1 is 1.17 bits per heavy atom. The highest BCUT2D eigenvalue weighted by Crippen LogP contribution is 2.30. The predicted molar refractivity (Wildman–Crippen MR) is 124 cm³/mol. The van der Waals surface area contributed by atoms with Gasteiger partial charge in [-0.25, -0.2) is 4.79 Å². The number of carboxylic acid groups (broad SMARTS) is 1. The molecule has 36 heavy (non-hydrogen) atoms. The fraction of sp³-hybridized carbons (Fsp3) is 0.864. The molecule has 2 aliphatic rings. The van der Waals surface area contributed by atoms with Gasteiger partial charge in [0.25, 0.3) is 0 Å². The maximum absolute atomic E-state index is 12.5. The van der Waals surface area contributed by atoms with Crippen molar-refractivity contribution in [3.05, 3.63) is 0 Å². The van der Waals surface area contributed by atoms with Gasteiger partial charge in [-0.05, 0) is 39.2 Å². The minimum atomic E-state index is -2.13. The summed E-state index contributed by atoms with van der Waals surface area (Å²) in [4.78, 5) is 37.4. The van der Waals surface area contributed by atoms with Crippen LogP contribution in [0.3, 0.4) is 0 Å². The summed E-state index contributed by atoms with van der Waals surface area (Å²) >= 11 is 0. The lowest BCUT2D eigenvalue weighted by Crippen LogP contribution is -2.65. The Bertz CT molecular complexity index is 756. The van der Waals surface area contributed by atoms with Crippen molar-refractivity contribution in [2.75, 3.05) is 26.2 Å². The molecular weight excluding hydrogens is 480 g/mol. The number of amides is 2. The van der Waals surface area contributed by atoms with E-state index in [1.54, 1.807) is 0 Å². The zero-order valence-corrected chi connectivity index (χ0v) is 20.5. The molecule has 0 aromatic rings. The summed E-state index contributed by atoms with van der Waals surface area (Å²) in [7, 11) is 0. The third-order valence-electron chi connectivity index (χ3n) is 6.72. The molecular formula is C22H40N4O10. The van der Waals surface area contributed by atoms with Crippen molar-refractivity contribution in [1.82, 2.24) is 15.5 Å². The number of likely N-dealkylation sites (tertiary alicyclic amines) is 1. The maximum Gasteiger partial charge on any atom is 0.326 e. The zero-order valence-electron chi connectivity index (χ0n) is 20.5. The number of nitrogens with two attached hydrogens (primary N) is 1. The fourth-order valence-electron chi connectivity index (χ4n) is 4.48. The molecule has 0 saturated carbocycles. The maximum atomic E-state index is 12.5. The second-order valence-electron chi connectivity index (χ2n) is 9.47. The first-order valence-corrected chi connectivity index (χ1v) is 12.3. The molecule has 2 heterocycles. The van der Waals surface area contributed by atoms with Gasteiger partial charge in [0.15, 0.2) is 5.79 Å². The monoisotopic (exact) mass is 520 g/mol. The Labute approximate surface area is 209 Å². The summed E-state index contributed by atoms with van der Waals surface area (Å²) in [6, 6.07) is -2.61. The molecule has 14 nitrogen and oxygen atoms in total. The van der Waals surface area contributed by atoms with Gasteiger partial charge in [0.05, 0.1) is 12.6 Å². The van der Waals surface area contributed by atoms with Crippen LogP contribution >= 0.6 is 0 Å². The van der Waals surface area contributed by atoms with Crippen molar-refractivity contribution in [1.29, 1.82) is 0 Å². The van der Waals surface area contributed by atoms with Gasteiger partial charge in [-0.1, -0.05) is 6.42 Å². The summed E-state index contributed by atoms with van der Waals surface area (Å²) in [5.41, 5.74) is 5.92. The van der Waals surface area contributed by atoms with Crippen LogP contribution in [0.2, 0.25) is 0 Å². The van der Waals surface area contributed by atoms with Crippen LogP contribution in [-0.2, 0) is 19.1 Å². The molecule has 208 valence electrons. The zero-order chi connectivity index (χ0) is 27.0. The summed E-state index contributed by atoms with van der Waals surface area (Å²) in [6.45, 7) is 1.90. The quantitative estimate of drug-likeness (QED) is 0.106. The molecule has 0 aromatic heterocycles. The minimum Gasteiger partial charge on any atom is -0.480 e. The predicted octanol–water partition coefficient (Wildman–Crippen LogP) is -3.79. The molecule has 2 aliphatic heterocycles. The van der Waals surface area contributed by atoms with Crippen LogP contribution < -0.4 is 16.4 Å². The van der Waals surface area contributed by atoms with Crippen molar-refractivity contribution in [3.63, 3.8) is 0 Å². The van der Waals surface area contributed by atoms with Crippen molar-refractivity contribution in [2.45, 2.75) is 93.8 Å². The van der Waals surface area contributed by atoms with Gasteiger partial charge in [0, 0.05) is 19.5 Å². The van der Waals surface area contributed by atoms with Crippen molar-refractivity contribution >= 4 is 17.8 Å². The van der Waals surface area contributed by atoms with E-state index in [0.29, 0.717) is 45.2 Å². The summed E-state index contributed by atoms with van der Waals surface area (Å²) < 4.78 is 5.19. The Kier molecular flexibility index (Phi) is 11.4. The SMILES string of the molecule is C[C@H](NC(=O)[C@@H](N)CCCCNCCC1(O)O[C@H](CO)[C@H](O)[C@H](O)[C@H]1O)C(=O)N1CCC[C@H]1C(=O)O. The first-order chi connectivity index (χ1) is 16.9. The van der Waals surface area contributed by atoms with E-state index >= 15 is 0 Å². The largest absolute Gasteiger partial charge is 0.480 e. The van der Waals surface area contributed by atoms with E-state index in [9.17, 15) is 45.0 Å². The van der Waals surface area contributed by atoms with E-state index in [1.165, 1.54) is 11.8 Å². The lowest BCUT2D eigenvalue weighted by Gasteiger charge is -2.45. The van der Waals surface area contributed by atoms with Gasteiger partial charge in [0.1, 0.15) is 36.5 Å². The van der Waals surface area contributed by atoms with E-state index in [2.05, 4.69) is 10.6 Å². The van der Waals surface area contributed by atoms with Crippen molar-refractivity contribution in [3.8, 4) is 0 Å². The molecule has 0 spiro atoms. The number of hydrogen-bond donors (Lipinski definition) is 9. The Balaban J connectivity index is 1.64. The molecule has 2 rings (SSSR count). The number of unbranched alkanes of at least 4 members (excludes halogenated alkanes) is 1. The summed E-state index contributed by atoms with van der Waals surface area (Å²) in [5, 5.41) is 64.2. The summed E-state index contributed by atoms with van der Waals surface area (Å²) in [6.07, 6.45) is -3.73. The van der Waals surface area contributed by atoms with Gasteiger partial charge in [0.2, 0.25) is 11.8 Å². The summed E-state index contributed by atoms with van der Waals surface area (Å²) in [5.74, 6) is -4.15. The van der Waals surface area contributed by atoms with Crippen LogP contribution in [-0.4, -0.2) is 128 Å². The molecule has 2 saturated heterocycles. The molecule has 0 radical (unpaired) electrons. The van der Waals surface area contributed by atoms with E-state index in [-0.39, 0.29) is 13.0 Å². The van der Waals surface area contributed by atoms with E-state index in [0.717, 1.165) is 0 Å². The Morgan fingerprint density at radius 3 is 2.50 bits per heavy atom. The molecule has 0 bridgehead atoms.